The van der Waals surface area contributed by atoms with Crippen molar-refractivity contribution in [2.75, 3.05) is 7.11 Å². The fourth-order valence-corrected chi connectivity index (χ4v) is 0.553. The van der Waals surface area contributed by atoms with Crippen LogP contribution in [-0.2, 0) is 4.74 Å². The highest BCUT2D eigenvalue weighted by Crippen LogP contribution is 2.30. The van der Waals surface area contributed by atoms with Crippen LogP contribution in [0.1, 0.15) is 0 Å². The van der Waals surface area contributed by atoms with Crippen molar-refractivity contribution in [2.24, 2.45) is 0 Å². The number of aliphatic hydroxyl groups excluding tert-OH is 1. The summed E-state index contributed by atoms with van der Waals surface area (Å²) in [6.45, 7) is 3.52. The monoisotopic (exact) mass is 100 g/mol. The zero-order valence-corrected chi connectivity index (χ0v) is 4.22. The molecule has 0 amide bonds. The van der Waals surface area contributed by atoms with Gasteiger partial charge in [0.25, 0.3) is 0 Å². The minimum absolute atomic E-state index is 0.0694. The minimum atomic E-state index is -0.384. The van der Waals surface area contributed by atoms with Crippen molar-refractivity contribution in [2.45, 2.75) is 12.2 Å². The van der Waals surface area contributed by atoms with Crippen LogP contribution in [-0.4, -0.2) is 24.4 Å². The fourth-order valence-electron chi connectivity index (χ4n) is 0.553. The van der Waals surface area contributed by atoms with Crippen molar-refractivity contribution < 1.29 is 9.84 Å². The van der Waals surface area contributed by atoms with Gasteiger partial charge in [-0.25, -0.2) is 0 Å². The van der Waals surface area contributed by atoms with E-state index in [4.69, 9.17) is 9.84 Å². The molecule has 2 unspecified atom stereocenters. The second-order valence-electron chi connectivity index (χ2n) is 1.68. The molecule has 0 aliphatic heterocycles. The van der Waals surface area contributed by atoms with E-state index >= 15 is 0 Å². The molecule has 0 radical (unpaired) electrons. The van der Waals surface area contributed by atoms with E-state index in [1.165, 1.54) is 0 Å². The third-order valence-corrected chi connectivity index (χ3v) is 1.18. The highest BCUT2D eigenvalue weighted by Gasteiger charge is 2.40. The van der Waals surface area contributed by atoms with Gasteiger partial charge in [-0.1, -0.05) is 6.58 Å². The number of hydrogen-bond acceptors (Lipinski definition) is 2. The molecule has 0 bridgehead atoms. The van der Waals surface area contributed by atoms with Crippen LogP contribution < -0.4 is 0 Å². The Kier molecular flexibility index (Phi) is 0.905. The van der Waals surface area contributed by atoms with Crippen LogP contribution in [0.4, 0.5) is 0 Å². The Balaban J connectivity index is 2.38. The molecule has 1 rings (SSSR count). The maximum Gasteiger partial charge on any atom is 0.110 e. The van der Waals surface area contributed by atoms with Gasteiger partial charge in [0.05, 0.1) is 0 Å². The smallest absolute Gasteiger partial charge is 0.110 e. The molecule has 1 fully saturated rings. The Hall–Kier alpha value is -0.340. The Bertz CT molecular complexity index is 98.3. The molecule has 0 heterocycles. The summed E-state index contributed by atoms with van der Waals surface area (Å²) in [6, 6.07) is 0. The SMILES string of the molecule is C=C1C(O)C1OC. The fraction of sp³-hybridized carbons (Fsp3) is 0.600. The summed E-state index contributed by atoms with van der Waals surface area (Å²) in [7, 11) is 1.56. The number of methoxy groups -OCH3 is 1. The quantitative estimate of drug-likeness (QED) is 0.467. The summed E-state index contributed by atoms with van der Waals surface area (Å²) >= 11 is 0. The summed E-state index contributed by atoms with van der Waals surface area (Å²) in [4.78, 5) is 0. The van der Waals surface area contributed by atoms with E-state index in [1.54, 1.807) is 7.11 Å². The number of rotatable bonds is 1. The van der Waals surface area contributed by atoms with Crippen molar-refractivity contribution in [3.8, 4) is 0 Å². The molecule has 0 spiro atoms. The van der Waals surface area contributed by atoms with Gasteiger partial charge in [-0.3, -0.25) is 0 Å². The Morgan fingerprint density at radius 2 is 2.29 bits per heavy atom. The molecule has 1 aliphatic rings. The molecule has 40 valence electrons. The maximum absolute atomic E-state index is 8.67. The largest absolute Gasteiger partial charge is 0.386 e. The van der Waals surface area contributed by atoms with Gasteiger partial charge in [0.1, 0.15) is 12.2 Å². The van der Waals surface area contributed by atoms with E-state index in [-0.39, 0.29) is 12.2 Å². The van der Waals surface area contributed by atoms with Gasteiger partial charge in [0.15, 0.2) is 0 Å². The predicted molar refractivity (Wildman–Crippen MR) is 25.9 cm³/mol. The lowest BCUT2D eigenvalue weighted by molar-refractivity contribution is 0.129. The lowest BCUT2D eigenvalue weighted by Crippen LogP contribution is -1.92. The summed E-state index contributed by atoms with van der Waals surface area (Å²) in [5.74, 6) is 0. The van der Waals surface area contributed by atoms with Crippen LogP contribution >= 0.6 is 0 Å². The molecule has 0 aromatic carbocycles. The highest BCUT2D eigenvalue weighted by molar-refractivity contribution is 5.30. The summed E-state index contributed by atoms with van der Waals surface area (Å²) in [5, 5.41) is 8.67. The normalized spacial score (nSPS) is 38.9. The van der Waals surface area contributed by atoms with E-state index in [2.05, 4.69) is 6.58 Å². The maximum atomic E-state index is 8.67. The first-order chi connectivity index (χ1) is 3.27. The van der Waals surface area contributed by atoms with Crippen molar-refractivity contribution in [1.82, 2.24) is 0 Å². The van der Waals surface area contributed by atoms with E-state index in [1.807, 2.05) is 0 Å². The zero-order chi connectivity index (χ0) is 5.44. The van der Waals surface area contributed by atoms with Gasteiger partial charge in [0, 0.05) is 7.11 Å². The van der Waals surface area contributed by atoms with Crippen LogP contribution in [0.15, 0.2) is 12.2 Å². The highest BCUT2D eigenvalue weighted by atomic mass is 16.5. The summed E-state index contributed by atoms with van der Waals surface area (Å²) in [6.07, 6.45) is -0.454. The number of aliphatic hydroxyl groups is 1. The van der Waals surface area contributed by atoms with Gasteiger partial charge in [0.2, 0.25) is 0 Å². The minimum Gasteiger partial charge on any atom is -0.386 e. The van der Waals surface area contributed by atoms with Crippen LogP contribution in [0, 0.1) is 0 Å². The number of hydrogen-bond donors (Lipinski definition) is 1. The van der Waals surface area contributed by atoms with Gasteiger partial charge in [-0.05, 0) is 5.57 Å². The predicted octanol–water partition coefficient (Wildman–Crippen LogP) is -0.0679. The first-order valence-corrected chi connectivity index (χ1v) is 2.17. The Morgan fingerprint density at radius 1 is 1.86 bits per heavy atom. The van der Waals surface area contributed by atoms with E-state index in [0.717, 1.165) is 5.57 Å². The lowest BCUT2D eigenvalue weighted by atomic mass is 10.7. The molecular weight excluding hydrogens is 92.1 g/mol. The first kappa shape index (κ1) is 4.81. The molecule has 1 saturated carbocycles. The topological polar surface area (TPSA) is 29.5 Å². The lowest BCUT2D eigenvalue weighted by Gasteiger charge is -1.83. The molecule has 2 nitrogen and oxygen atoms in total. The van der Waals surface area contributed by atoms with Gasteiger partial charge in [-0.15, -0.1) is 0 Å². The molecule has 2 atom stereocenters. The Morgan fingerprint density at radius 3 is 2.29 bits per heavy atom. The van der Waals surface area contributed by atoms with Crippen LogP contribution in [0.3, 0.4) is 0 Å². The molecule has 7 heavy (non-hydrogen) atoms. The molecule has 0 aromatic heterocycles. The number of ether oxygens (including phenoxy) is 1. The second-order valence-corrected chi connectivity index (χ2v) is 1.68. The van der Waals surface area contributed by atoms with Crippen LogP contribution in [0.25, 0.3) is 0 Å². The van der Waals surface area contributed by atoms with Gasteiger partial charge >= 0.3 is 0 Å². The van der Waals surface area contributed by atoms with Crippen LogP contribution in [0.2, 0.25) is 0 Å². The molecule has 1 N–H and O–H groups in total. The van der Waals surface area contributed by atoms with E-state index < -0.39 is 0 Å². The van der Waals surface area contributed by atoms with Crippen molar-refractivity contribution in [3.63, 3.8) is 0 Å². The molecule has 2 heteroatoms. The molecule has 0 aromatic rings. The Labute approximate surface area is 42.4 Å². The van der Waals surface area contributed by atoms with Crippen molar-refractivity contribution in [1.29, 1.82) is 0 Å². The second kappa shape index (κ2) is 1.32. The van der Waals surface area contributed by atoms with E-state index in [0.29, 0.717) is 0 Å². The summed E-state index contributed by atoms with van der Waals surface area (Å²) < 4.78 is 4.74. The molecule has 0 saturated heterocycles. The average molecular weight is 100 g/mol. The first-order valence-electron chi connectivity index (χ1n) is 2.17. The van der Waals surface area contributed by atoms with Gasteiger partial charge < -0.3 is 9.84 Å². The van der Waals surface area contributed by atoms with Crippen molar-refractivity contribution >= 4 is 0 Å². The van der Waals surface area contributed by atoms with E-state index in [9.17, 15) is 0 Å². The zero-order valence-electron chi connectivity index (χ0n) is 4.22. The third-order valence-electron chi connectivity index (χ3n) is 1.18. The molecule has 1 aliphatic carbocycles. The summed E-state index contributed by atoms with van der Waals surface area (Å²) in [5.41, 5.74) is 0.794. The van der Waals surface area contributed by atoms with Crippen LogP contribution in [0.5, 0.6) is 0 Å². The molecular formula is C5H8O2. The van der Waals surface area contributed by atoms with Gasteiger partial charge in [-0.2, -0.15) is 0 Å². The standard InChI is InChI=1S/C5H8O2/c1-3-4(6)5(3)7-2/h4-6H,1H2,2H3. The average Bonchev–Trinajstić information content (AvgIpc) is 2.17. The third kappa shape index (κ3) is 0.558. The van der Waals surface area contributed by atoms with Crippen molar-refractivity contribution in [3.05, 3.63) is 12.2 Å².